The maximum atomic E-state index is 15.8. The zero-order chi connectivity index (χ0) is 24.3. The van der Waals surface area contributed by atoms with Gasteiger partial charge in [-0.3, -0.25) is 4.57 Å². The molecule has 0 radical (unpaired) electrons. The summed E-state index contributed by atoms with van der Waals surface area (Å²) in [5.74, 6) is -0.136. The van der Waals surface area contributed by atoms with E-state index >= 15 is 4.39 Å². The van der Waals surface area contributed by atoms with E-state index in [0.717, 1.165) is 0 Å². The predicted molar refractivity (Wildman–Crippen MR) is 119 cm³/mol. The number of rotatable bonds is 10. The number of anilines is 1. The Balaban J connectivity index is 1.90. The van der Waals surface area contributed by atoms with Crippen LogP contribution in [0.5, 0.6) is 0 Å². The number of hydrogen-bond donors (Lipinski definition) is 1. The third kappa shape index (κ3) is 5.39. The summed E-state index contributed by atoms with van der Waals surface area (Å²) in [5, 5.41) is 8.90. The van der Waals surface area contributed by atoms with Crippen LogP contribution in [0.2, 0.25) is 0 Å². The molecule has 0 amide bonds. The van der Waals surface area contributed by atoms with Crippen LogP contribution in [0, 0.1) is 17.4 Å². The lowest BCUT2D eigenvalue weighted by molar-refractivity contribution is -0.0230. The summed E-state index contributed by atoms with van der Waals surface area (Å²) < 4.78 is 51.1. The summed E-state index contributed by atoms with van der Waals surface area (Å²) in [4.78, 5) is 11.3. The molecule has 1 aliphatic heterocycles. The van der Waals surface area contributed by atoms with E-state index in [1.54, 1.807) is 0 Å². The van der Waals surface area contributed by atoms with E-state index in [1.807, 2.05) is 45.4 Å². The predicted octanol–water partition coefficient (Wildman–Crippen LogP) is 3.85. The van der Waals surface area contributed by atoms with Crippen molar-refractivity contribution in [2.75, 3.05) is 12.3 Å². The molecule has 0 aliphatic carbocycles. The summed E-state index contributed by atoms with van der Waals surface area (Å²) in [7, 11) is -1.67. The fourth-order valence-corrected chi connectivity index (χ4v) is 5.63. The lowest BCUT2D eigenvalue weighted by Gasteiger charge is -2.37. The first-order valence-electron chi connectivity index (χ1n) is 10.9. The summed E-state index contributed by atoms with van der Waals surface area (Å²) in [5.41, 5.74) is 5.94. The van der Waals surface area contributed by atoms with Crippen molar-refractivity contribution in [2.45, 2.75) is 84.2 Å². The molecule has 3 heterocycles. The quantitative estimate of drug-likeness (QED) is 0.303. The molecule has 0 aromatic carbocycles. The van der Waals surface area contributed by atoms with Crippen molar-refractivity contribution in [3.8, 4) is 6.07 Å². The van der Waals surface area contributed by atoms with Gasteiger partial charge >= 0.3 is 6.08 Å². The average Bonchev–Trinajstić information content (AvgIpc) is 3.28. The molecule has 2 unspecified atom stereocenters. The van der Waals surface area contributed by atoms with Gasteiger partial charge in [-0.05, 0) is 34.1 Å². The second-order valence-corrected chi connectivity index (χ2v) is 9.64. The van der Waals surface area contributed by atoms with E-state index in [2.05, 4.69) is 15.0 Å². The van der Waals surface area contributed by atoms with Gasteiger partial charge < -0.3 is 19.5 Å². The van der Waals surface area contributed by atoms with Crippen molar-refractivity contribution in [1.29, 1.82) is 5.26 Å². The molecule has 0 bridgehead atoms. The second-order valence-electron chi connectivity index (χ2n) is 8.24. The Bertz CT molecular complexity index is 978. The maximum absolute atomic E-state index is 15.8. The molecule has 2 aromatic heterocycles. The molecular formula is C20H30F2N7O3P. The number of fused-ring (bicyclic) bond motifs is 1. The molecule has 10 nitrogen and oxygen atoms in total. The number of ether oxygens (including phenoxy) is 1. The van der Waals surface area contributed by atoms with Crippen LogP contribution in [0.25, 0.3) is 11.2 Å². The van der Waals surface area contributed by atoms with Gasteiger partial charge in [0.15, 0.2) is 29.4 Å². The molecule has 2 aromatic rings. The topological polar surface area (TPSA) is 124 Å². The average molecular weight is 485 g/mol. The Morgan fingerprint density at radius 1 is 1.33 bits per heavy atom. The summed E-state index contributed by atoms with van der Waals surface area (Å²) in [6.07, 6.45) is -3.34. The number of aromatic nitrogens is 4. The van der Waals surface area contributed by atoms with Crippen molar-refractivity contribution in [3.63, 3.8) is 0 Å². The molecule has 182 valence electrons. The first-order chi connectivity index (χ1) is 15.7. The van der Waals surface area contributed by atoms with Crippen molar-refractivity contribution in [2.24, 2.45) is 0 Å². The molecule has 33 heavy (non-hydrogen) atoms. The zero-order valence-electron chi connectivity index (χ0n) is 19.4. The number of nitriles is 1. The van der Waals surface area contributed by atoms with E-state index in [-0.39, 0.29) is 42.1 Å². The summed E-state index contributed by atoms with van der Waals surface area (Å²) >= 11 is 0. The smallest absolute Gasteiger partial charge is 0.312 e. The Kier molecular flexibility index (Phi) is 8.48. The normalized spacial score (nSPS) is 24.3. The summed E-state index contributed by atoms with van der Waals surface area (Å²) in [6.45, 7) is 10.0. The molecular weight excluding hydrogens is 455 g/mol. The second kappa shape index (κ2) is 10.9. The van der Waals surface area contributed by atoms with Gasteiger partial charge in [-0.1, -0.05) is 6.92 Å². The molecule has 1 fully saturated rings. The number of nitrogen functional groups attached to an aromatic ring is 1. The molecule has 2 N–H and O–H groups in total. The van der Waals surface area contributed by atoms with Crippen molar-refractivity contribution >= 4 is 25.5 Å². The van der Waals surface area contributed by atoms with Crippen LogP contribution in [0.15, 0.2) is 6.33 Å². The molecule has 13 heteroatoms. The maximum Gasteiger partial charge on any atom is 0.312 e. The van der Waals surface area contributed by atoms with Gasteiger partial charge in [0.2, 0.25) is 0 Å². The SMILES string of the molecule is CC[C@H]1O[C@@H](n2cnc3c(N)nc(F)nc32)[C@@H](F)C1OP(OCCC#N)N(C(C)C)C(C)C. The first kappa shape index (κ1) is 25.6. The lowest BCUT2D eigenvalue weighted by atomic mass is 10.1. The first-order valence-corrected chi connectivity index (χ1v) is 12.0. The Hall–Kier alpha value is -2.03. The molecule has 0 spiro atoms. The molecule has 0 saturated carbocycles. The van der Waals surface area contributed by atoms with E-state index in [4.69, 9.17) is 24.8 Å². The van der Waals surface area contributed by atoms with E-state index in [9.17, 15) is 4.39 Å². The molecule has 3 rings (SSSR count). The lowest BCUT2D eigenvalue weighted by Crippen LogP contribution is -2.37. The largest absolute Gasteiger partial charge is 0.382 e. The number of alkyl halides is 1. The fourth-order valence-electron chi connectivity index (χ4n) is 3.87. The van der Waals surface area contributed by atoms with Crippen LogP contribution in [-0.2, 0) is 13.8 Å². The number of nitrogens with two attached hydrogens (primary N) is 1. The van der Waals surface area contributed by atoms with Crippen molar-refractivity contribution in [1.82, 2.24) is 24.2 Å². The monoisotopic (exact) mass is 485 g/mol. The highest BCUT2D eigenvalue weighted by Gasteiger charge is 2.49. The minimum Gasteiger partial charge on any atom is -0.382 e. The van der Waals surface area contributed by atoms with Crippen LogP contribution in [0.4, 0.5) is 14.6 Å². The van der Waals surface area contributed by atoms with Gasteiger partial charge in [-0.2, -0.15) is 19.6 Å². The van der Waals surface area contributed by atoms with Gasteiger partial charge in [0, 0.05) is 12.1 Å². The fraction of sp³-hybridized carbons (Fsp3) is 0.700. The minimum atomic E-state index is -1.67. The highest BCUT2D eigenvalue weighted by Crippen LogP contribution is 2.51. The van der Waals surface area contributed by atoms with E-state index in [1.165, 1.54) is 10.9 Å². The third-order valence-corrected chi connectivity index (χ3v) is 7.37. The van der Waals surface area contributed by atoms with Crippen LogP contribution in [0.1, 0.15) is 53.7 Å². The number of imidazole rings is 1. The highest BCUT2D eigenvalue weighted by atomic mass is 31.2. The summed E-state index contributed by atoms with van der Waals surface area (Å²) in [6, 6.07) is 2.17. The van der Waals surface area contributed by atoms with E-state index < -0.39 is 39.2 Å². The number of hydrogen-bond acceptors (Lipinski definition) is 9. The van der Waals surface area contributed by atoms with Crippen molar-refractivity contribution < 1.29 is 22.6 Å². The Labute approximate surface area is 193 Å². The Morgan fingerprint density at radius 2 is 2.03 bits per heavy atom. The standard InChI is InChI=1S/C20H30F2N7O3P/c1-6-13-16(32-33(30-9-7-8-23)29(11(2)3)12(4)5)14(21)19(31-13)28-10-25-15-17(24)26-20(22)27-18(15)28/h10-14,16,19H,6-7,9H2,1-5H3,(H2,24,26,27)/t13-,14+,16?,19-,33?/m1/s1. The third-order valence-electron chi connectivity index (χ3n) is 5.24. The van der Waals surface area contributed by atoms with Crippen molar-refractivity contribution in [3.05, 3.63) is 12.4 Å². The highest BCUT2D eigenvalue weighted by molar-refractivity contribution is 7.44. The van der Waals surface area contributed by atoms with Crippen LogP contribution >= 0.6 is 8.53 Å². The van der Waals surface area contributed by atoms with Gasteiger partial charge in [0.05, 0.1) is 31.5 Å². The minimum absolute atomic E-state index is 0.0432. The van der Waals surface area contributed by atoms with Gasteiger partial charge in [-0.25, -0.2) is 14.0 Å². The van der Waals surface area contributed by atoms with E-state index in [0.29, 0.717) is 6.42 Å². The van der Waals surface area contributed by atoms with Gasteiger partial charge in [-0.15, -0.1) is 0 Å². The zero-order valence-corrected chi connectivity index (χ0v) is 20.2. The number of halogens is 2. The van der Waals surface area contributed by atoms with Gasteiger partial charge in [0.1, 0.15) is 6.10 Å². The molecule has 5 atom stereocenters. The Morgan fingerprint density at radius 3 is 2.64 bits per heavy atom. The van der Waals surface area contributed by atoms with Crippen LogP contribution in [-0.4, -0.2) is 61.3 Å². The number of nitrogens with zero attached hydrogens (tertiary/aromatic N) is 6. The van der Waals surface area contributed by atoms with Crippen LogP contribution < -0.4 is 5.73 Å². The van der Waals surface area contributed by atoms with Crippen LogP contribution in [0.3, 0.4) is 0 Å². The molecule has 1 saturated heterocycles. The molecule has 1 aliphatic rings. The van der Waals surface area contributed by atoms with Gasteiger partial charge in [0.25, 0.3) is 8.53 Å².